The van der Waals surface area contributed by atoms with Crippen LogP contribution in [0.15, 0.2) is 12.1 Å². The zero-order valence-electron chi connectivity index (χ0n) is 11.4. The van der Waals surface area contributed by atoms with E-state index in [1.807, 2.05) is 19.1 Å². The summed E-state index contributed by atoms with van der Waals surface area (Å²) < 4.78 is 7.43. The molecule has 3 unspecified atom stereocenters. The molecule has 0 radical (unpaired) electrons. The molecule has 3 atom stereocenters. The number of rotatable bonds is 4. The lowest BCUT2D eigenvalue weighted by atomic mass is 10.3. The SMILES string of the molecule is CCC1CC1n1c(C(C)Cl)nc2ccc(OC)nc21. The number of methoxy groups -OCH3 is 1. The van der Waals surface area contributed by atoms with E-state index in [4.69, 9.17) is 16.3 Å². The van der Waals surface area contributed by atoms with Gasteiger partial charge in [-0.1, -0.05) is 13.3 Å². The van der Waals surface area contributed by atoms with Gasteiger partial charge in [0.25, 0.3) is 0 Å². The van der Waals surface area contributed by atoms with Gasteiger partial charge in [-0.3, -0.25) is 0 Å². The van der Waals surface area contributed by atoms with E-state index >= 15 is 0 Å². The Morgan fingerprint density at radius 1 is 1.47 bits per heavy atom. The van der Waals surface area contributed by atoms with E-state index in [1.165, 1.54) is 12.8 Å². The summed E-state index contributed by atoms with van der Waals surface area (Å²) in [6.45, 7) is 4.18. The largest absolute Gasteiger partial charge is 0.481 e. The highest BCUT2D eigenvalue weighted by atomic mass is 35.5. The average molecular weight is 280 g/mol. The maximum absolute atomic E-state index is 6.27. The molecule has 1 fully saturated rings. The molecule has 0 aliphatic heterocycles. The van der Waals surface area contributed by atoms with Crippen molar-refractivity contribution in [2.75, 3.05) is 7.11 Å². The minimum atomic E-state index is -0.113. The third kappa shape index (κ3) is 2.08. The minimum Gasteiger partial charge on any atom is -0.481 e. The molecular formula is C14H18ClN3O. The van der Waals surface area contributed by atoms with Crippen molar-refractivity contribution >= 4 is 22.8 Å². The van der Waals surface area contributed by atoms with Gasteiger partial charge in [0, 0.05) is 12.1 Å². The molecule has 0 spiro atoms. The molecule has 0 amide bonds. The highest BCUT2D eigenvalue weighted by Crippen LogP contribution is 2.48. The van der Waals surface area contributed by atoms with Crippen LogP contribution in [-0.4, -0.2) is 21.6 Å². The molecule has 1 aliphatic carbocycles. The van der Waals surface area contributed by atoms with E-state index in [9.17, 15) is 0 Å². The molecule has 5 heteroatoms. The van der Waals surface area contributed by atoms with Crippen LogP contribution < -0.4 is 4.74 Å². The Balaban J connectivity index is 2.16. The van der Waals surface area contributed by atoms with E-state index in [0.29, 0.717) is 11.9 Å². The first-order valence-electron chi connectivity index (χ1n) is 6.72. The van der Waals surface area contributed by atoms with Crippen LogP contribution in [0.1, 0.15) is 43.9 Å². The van der Waals surface area contributed by atoms with Crippen molar-refractivity contribution in [2.24, 2.45) is 5.92 Å². The Bertz CT molecular complexity index is 608. The molecule has 2 aromatic heterocycles. The van der Waals surface area contributed by atoms with Crippen molar-refractivity contribution in [3.63, 3.8) is 0 Å². The van der Waals surface area contributed by atoms with Gasteiger partial charge < -0.3 is 9.30 Å². The standard InChI is InChI=1S/C14H18ClN3O/c1-4-9-7-11(9)18-13(8(2)15)16-10-5-6-12(19-3)17-14(10)18/h5-6,8-9,11H,4,7H2,1-3H3. The van der Waals surface area contributed by atoms with Crippen LogP contribution in [0.5, 0.6) is 5.88 Å². The van der Waals surface area contributed by atoms with Crippen molar-refractivity contribution in [1.29, 1.82) is 0 Å². The third-order valence-corrected chi connectivity index (χ3v) is 4.04. The number of imidazole rings is 1. The van der Waals surface area contributed by atoms with Crippen molar-refractivity contribution in [3.8, 4) is 5.88 Å². The Morgan fingerprint density at radius 2 is 2.26 bits per heavy atom. The highest BCUT2D eigenvalue weighted by Gasteiger charge is 2.40. The molecule has 4 nitrogen and oxygen atoms in total. The monoisotopic (exact) mass is 279 g/mol. The van der Waals surface area contributed by atoms with Crippen molar-refractivity contribution < 1.29 is 4.74 Å². The summed E-state index contributed by atoms with van der Waals surface area (Å²) in [4.78, 5) is 9.18. The fourth-order valence-electron chi connectivity index (χ4n) is 2.68. The highest BCUT2D eigenvalue weighted by molar-refractivity contribution is 6.20. The van der Waals surface area contributed by atoms with Crippen LogP contribution in [0.25, 0.3) is 11.2 Å². The maximum Gasteiger partial charge on any atom is 0.215 e. The van der Waals surface area contributed by atoms with E-state index < -0.39 is 0 Å². The quantitative estimate of drug-likeness (QED) is 0.801. The average Bonchev–Trinajstić information content (AvgIpc) is 3.09. The Hall–Kier alpha value is -1.29. The molecule has 2 heterocycles. The molecule has 0 N–H and O–H groups in total. The summed E-state index contributed by atoms with van der Waals surface area (Å²) >= 11 is 6.27. The summed E-state index contributed by atoms with van der Waals surface area (Å²) in [5, 5.41) is -0.113. The number of nitrogens with zero attached hydrogens (tertiary/aromatic N) is 3. The van der Waals surface area contributed by atoms with E-state index in [1.54, 1.807) is 7.11 Å². The van der Waals surface area contributed by atoms with Crippen LogP contribution in [-0.2, 0) is 0 Å². The summed E-state index contributed by atoms with van der Waals surface area (Å²) in [6, 6.07) is 4.28. The smallest absolute Gasteiger partial charge is 0.215 e. The van der Waals surface area contributed by atoms with Gasteiger partial charge in [0.1, 0.15) is 11.3 Å². The number of alkyl halides is 1. The topological polar surface area (TPSA) is 39.9 Å². The number of ether oxygens (including phenoxy) is 1. The van der Waals surface area contributed by atoms with Crippen LogP contribution in [0.4, 0.5) is 0 Å². The lowest BCUT2D eigenvalue weighted by Crippen LogP contribution is -2.04. The van der Waals surface area contributed by atoms with Gasteiger partial charge in [-0.2, -0.15) is 4.98 Å². The fraction of sp³-hybridized carbons (Fsp3) is 0.571. The van der Waals surface area contributed by atoms with Gasteiger partial charge >= 0.3 is 0 Å². The maximum atomic E-state index is 6.27. The van der Waals surface area contributed by atoms with Crippen molar-refractivity contribution in [2.45, 2.75) is 38.1 Å². The van der Waals surface area contributed by atoms with E-state index in [0.717, 1.165) is 22.9 Å². The molecule has 0 aromatic carbocycles. The van der Waals surface area contributed by atoms with Gasteiger partial charge in [0.15, 0.2) is 5.65 Å². The molecule has 0 saturated heterocycles. The second-order valence-corrected chi connectivity index (χ2v) is 5.78. The number of aromatic nitrogens is 3. The predicted molar refractivity (Wildman–Crippen MR) is 75.8 cm³/mol. The van der Waals surface area contributed by atoms with Gasteiger partial charge in [-0.25, -0.2) is 4.98 Å². The van der Waals surface area contributed by atoms with E-state index in [-0.39, 0.29) is 5.38 Å². The van der Waals surface area contributed by atoms with Gasteiger partial charge in [-0.15, -0.1) is 11.6 Å². The number of halogens is 1. The second kappa shape index (κ2) is 4.67. The Kier molecular flexibility index (Phi) is 3.13. The Morgan fingerprint density at radius 3 is 2.84 bits per heavy atom. The number of fused-ring (bicyclic) bond motifs is 1. The van der Waals surface area contributed by atoms with E-state index in [2.05, 4.69) is 21.5 Å². The van der Waals surface area contributed by atoms with Gasteiger partial charge in [-0.05, 0) is 25.3 Å². The number of pyridine rings is 1. The molecule has 2 aromatic rings. The van der Waals surface area contributed by atoms with Crippen molar-refractivity contribution in [1.82, 2.24) is 14.5 Å². The van der Waals surface area contributed by atoms with Crippen LogP contribution >= 0.6 is 11.6 Å². The third-order valence-electron chi connectivity index (χ3n) is 3.85. The molecule has 0 bridgehead atoms. The van der Waals surface area contributed by atoms with Gasteiger partial charge in [0.2, 0.25) is 5.88 Å². The fourth-order valence-corrected chi connectivity index (χ4v) is 2.84. The zero-order valence-corrected chi connectivity index (χ0v) is 12.2. The molecule has 3 rings (SSSR count). The molecule has 1 aliphatic rings. The lowest BCUT2D eigenvalue weighted by molar-refractivity contribution is 0.398. The van der Waals surface area contributed by atoms with Gasteiger partial charge in [0.05, 0.1) is 12.5 Å². The normalized spacial score (nSPS) is 23.6. The van der Waals surface area contributed by atoms with Crippen LogP contribution in [0.2, 0.25) is 0 Å². The summed E-state index contributed by atoms with van der Waals surface area (Å²) in [7, 11) is 1.63. The minimum absolute atomic E-state index is 0.113. The first-order valence-corrected chi connectivity index (χ1v) is 7.16. The van der Waals surface area contributed by atoms with Crippen molar-refractivity contribution in [3.05, 3.63) is 18.0 Å². The molecule has 1 saturated carbocycles. The lowest BCUT2D eigenvalue weighted by Gasteiger charge is -2.09. The second-order valence-electron chi connectivity index (χ2n) is 5.12. The molecule has 102 valence electrons. The summed E-state index contributed by atoms with van der Waals surface area (Å²) in [5.41, 5.74) is 1.79. The zero-order chi connectivity index (χ0) is 13.6. The Labute approximate surface area is 117 Å². The summed E-state index contributed by atoms with van der Waals surface area (Å²) in [5.74, 6) is 2.26. The number of hydrogen-bond acceptors (Lipinski definition) is 3. The molecular weight excluding hydrogens is 262 g/mol. The molecule has 19 heavy (non-hydrogen) atoms. The number of hydrogen-bond donors (Lipinski definition) is 0. The predicted octanol–water partition coefficient (Wildman–Crippen LogP) is 3.71. The summed E-state index contributed by atoms with van der Waals surface area (Å²) in [6.07, 6.45) is 2.38. The first kappa shape index (κ1) is 12.7. The first-order chi connectivity index (χ1) is 9.15. The van der Waals surface area contributed by atoms with Crippen LogP contribution in [0.3, 0.4) is 0 Å². The van der Waals surface area contributed by atoms with Crippen LogP contribution in [0, 0.1) is 5.92 Å².